The third-order valence-electron chi connectivity index (χ3n) is 6.43. The number of rotatable bonds is 6. The molecule has 9 nitrogen and oxygen atoms in total. The summed E-state index contributed by atoms with van der Waals surface area (Å²) in [5.41, 5.74) is 3.18. The SMILES string of the molecule is COc1cccc(Cn2c(NC(=O)c3cccc(C#N)c3)nc3cc(C(=O)N4CCCCC4)cnc32)c1. The molecule has 0 atom stereocenters. The molecule has 0 spiro atoms. The highest BCUT2D eigenvalue weighted by atomic mass is 16.5. The number of amides is 2. The maximum absolute atomic E-state index is 13.1. The highest BCUT2D eigenvalue weighted by Gasteiger charge is 2.22. The van der Waals surface area contributed by atoms with Crippen molar-refractivity contribution in [1.82, 2.24) is 19.4 Å². The summed E-state index contributed by atoms with van der Waals surface area (Å²) in [6.07, 6.45) is 4.71. The van der Waals surface area contributed by atoms with Gasteiger partial charge in [0.2, 0.25) is 5.95 Å². The van der Waals surface area contributed by atoms with Crippen molar-refractivity contribution in [3.05, 3.63) is 83.0 Å². The van der Waals surface area contributed by atoms with E-state index in [1.165, 1.54) is 6.07 Å². The fraction of sp³-hybridized carbons (Fsp3) is 0.250. The standard InChI is InChI=1S/C28H26N6O3/c1-37-23-10-6-8-20(14-23)18-34-25-24(15-22(17-30-25)27(36)33-11-3-2-4-12-33)31-28(34)32-26(35)21-9-5-7-19(13-21)16-29/h5-10,13-15,17H,2-4,11-12,18H2,1H3,(H,31,32,35). The lowest BCUT2D eigenvalue weighted by atomic mass is 10.1. The number of nitriles is 1. The van der Waals surface area contributed by atoms with Gasteiger partial charge in [-0.05, 0) is 61.2 Å². The van der Waals surface area contributed by atoms with E-state index in [2.05, 4.69) is 15.3 Å². The molecule has 0 aliphatic carbocycles. The normalized spacial score (nSPS) is 13.2. The molecule has 0 unspecified atom stereocenters. The van der Waals surface area contributed by atoms with E-state index in [0.29, 0.717) is 46.1 Å². The summed E-state index contributed by atoms with van der Waals surface area (Å²) in [5.74, 6) is 0.544. The van der Waals surface area contributed by atoms with Crippen molar-refractivity contribution in [2.24, 2.45) is 0 Å². The summed E-state index contributed by atoms with van der Waals surface area (Å²) in [4.78, 5) is 37.2. The van der Waals surface area contributed by atoms with Crippen LogP contribution in [0.4, 0.5) is 5.95 Å². The maximum atomic E-state index is 13.1. The Morgan fingerprint density at radius 1 is 1.05 bits per heavy atom. The molecule has 0 saturated carbocycles. The van der Waals surface area contributed by atoms with Gasteiger partial charge in [-0.25, -0.2) is 9.97 Å². The van der Waals surface area contributed by atoms with Gasteiger partial charge in [0.1, 0.15) is 11.3 Å². The summed E-state index contributed by atoms with van der Waals surface area (Å²) in [6.45, 7) is 1.85. The quantitative estimate of drug-likeness (QED) is 0.429. The van der Waals surface area contributed by atoms with Gasteiger partial charge in [0, 0.05) is 24.8 Å². The highest BCUT2D eigenvalue weighted by Crippen LogP contribution is 2.24. The minimum Gasteiger partial charge on any atom is -0.497 e. The average molecular weight is 495 g/mol. The fourth-order valence-corrected chi connectivity index (χ4v) is 4.51. The van der Waals surface area contributed by atoms with E-state index in [-0.39, 0.29) is 5.91 Å². The van der Waals surface area contributed by atoms with Gasteiger partial charge in [-0.1, -0.05) is 18.2 Å². The molecule has 1 N–H and O–H groups in total. The van der Waals surface area contributed by atoms with E-state index in [9.17, 15) is 14.9 Å². The monoisotopic (exact) mass is 494 g/mol. The number of pyridine rings is 1. The van der Waals surface area contributed by atoms with Gasteiger partial charge in [-0.3, -0.25) is 19.5 Å². The molecule has 1 saturated heterocycles. The molecule has 3 heterocycles. The Bertz CT molecular complexity index is 1510. The Morgan fingerprint density at radius 3 is 2.65 bits per heavy atom. The van der Waals surface area contributed by atoms with Crippen LogP contribution >= 0.6 is 0 Å². The van der Waals surface area contributed by atoms with Gasteiger partial charge in [0.05, 0.1) is 30.9 Å². The van der Waals surface area contributed by atoms with E-state index in [0.717, 1.165) is 37.9 Å². The molecule has 0 bridgehead atoms. The number of imidazole rings is 1. The zero-order chi connectivity index (χ0) is 25.8. The molecule has 2 amide bonds. The Kier molecular flexibility index (Phi) is 6.81. The van der Waals surface area contributed by atoms with E-state index in [1.807, 2.05) is 35.2 Å². The number of fused-ring (bicyclic) bond motifs is 1. The van der Waals surface area contributed by atoms with Gasteiger partial charge < -0.3 is 9.64 Å². The number of nitrogens with one attached hydrogen (secondary N) is 1. The molecule has 1 fully saturated rings. The van der Waals surface area contributed by atoms with Crippen molar-refractivity contribution >= 4 is 28.9 Å². The molecule has 2 aromatic carbocycles. The molecule has 1 aliphatic rings. The van der Waals surface area contributed by atoms with Crippen LogP contribution in [0.25, 0.3) is 11.2 Å². The topological polar surface area (TPSA) is 113 Å². The largest absolute Gasteiger partial charge is 0.497 e. The first-order valence-corrected chi connectivity index (χ1v) is 12.2. The minimum atomic E-state index is -0.399. The number of methoxy groups -OCH3 is 1. The first-order valence-electron chi connectivity index (χ1n) is 12.2. The number of piperidine rings is 1. The lowest BCUT2D eigenvalue weighted by Crippen LogP contribution is -2.35. The highest BCUT2D eigenvalue weighted by molar-refractivity contribution is 6.04. The van der Waals surface area contributed by atoms with Crippen molar-refractivity contribution in [1.29, 1.82) is 5.26 Å². The number of anilines is 1. The second kappa shape index (κ2) is 10.5. The van der Waals surface area contributed by atoms with E-state index in [4.69, 9.17) is 4.74 Å². The number of hydrogen-bond donors (Lipinski definition) is 1. The molecular weight excluding hydrogens is 468 g/mol. The van der Waals surface area contributed by atoms with Gasteiger partial charge >= 0.3 is 0 Å². The van der Waals surface area contributed by atoms with Crippen molar-refractivity contribution in [2.45, 2.75) is 25.8 Å². The summed E-state index contributed by atoms with van der Waals surface area (Å²) in [5, 5.41) is 12.1. The third-order valence-corrected chi connectivity index (χ3v) is 6.43. The number of carbonyl (C=O) groups excluding carboxylic acids is 2. The van der Waals surface area contributed by atoms with Crippen LogP contribution in [0.3, 0.4) is 0 Å². The number of carbonyl (C=O) groups is 2. The second-order valence-corrected chi connectivity index (χ2v) is 8.94. The van der Waals surface area contributed by atoms with Crippen LogP contribution in [0.2, 0.25) is 0 Å². The van der Waals surface area contributed by atoms with E-state index >= 15 is 0 Å². The molecular formula is C28H26N6O3. The molecule has 1 aliphatic heterocycles. The van der Waals surface area contributed by atoms with Gasteiger partial charge in [-0.2, -0.15) is 5.26 Å². The summed E-state index contributed by atoms with van der Waals surface area (Å²) < 4.78 is 7.15. The third kappa shape index (κ3) is 5.14. The zero-order valence-electron chi connectivity index (χ0n) is 20.5. The molecule has 186 valence electrons. The number of aromatic nitrogens is 3. The van der Waals surface area contributed by atoms with Gasteiger partial charge in [0.15, 0.2) is 5.65 Å². The van der Waals surface area contributed by atoms with Gasteiger partial charge in [-0.15, -0.1) is 0 Å². The fourth-order valence-electron chi connectivity index (χ4n) is 4.51. The van der Waals surface area contributed by atoms with Crippen molar-refractivity contribution in [2.75, 3.05) is 25.5 Å². The Hall–Kier alpha value is -4.71. The Balaban J connectivity index is 1.52. The van der Waals surface area contributed by atoms with Crippen molar-refractivity contribution < 1.29 is 14.3 Å². The van der Waals surface area contributed by atoms with E-state index < -0.39 is 5.91 Å². The first-order chi connectivity index (χ1) is 18.1. The lowest BCUT2D eigenvalue weighted by molar-refractivity contribution is 0.0724. The smallest absolute Gasteiger partial charge is 0.258 e. The molecule has 2 aromatic heterocycles. The predicted octanol–water partition coefficient (Wildman–Crippen LogP) is 4.24. The zero-order valence-corrected chi connectivity index (χ0v) is 20.5. The van der Waals surface area contributed by atoms with Crippen molar-refractivity contribution in [3.63, 3.8) is 0 Å². The number of likely N-dealkylation sites (tertiary alicyclic amines) is 1. The van der Waals surface area contributed by atoms with Crippen molar-refractivity contribution in [3.8, 4) is 11.8 Å². The molecule has 9 heteroatoms. The predicted molar refractivity (Wildman–Crippen MR) is 138 cm³/mol. The van der Waals surface area contributed by atoms with Crippen LogP contribution in [-0.2, 0) is 6.54 Å². The van der Waals surface area contributed by atoms with Crippen LogP contribution < -0.4 is 10.1 Å². The van der Waals surface area contributed by atoms with Crippen LogP contribution in [0, 0.1) is 11.3 Å². The maximum Gasteiger partial charge on any atom is 0.258 e. The summed E-state index contributed by atoms with van der Waals surface area (Å²) in [6, 6.07) is 17.8. The Labute approximate surface area is 214 Å². The van der Waals surface area contributed by atoms with Crippen LogP contribution in [0.5, 0.6) is 5.75 Å². The minimum absolute atomic E-state index is 0.0599. The lowest BCUT2D eigenvalue weighted by Gasteiger charge is -2.26. The van der Waals surface area contributed by atoms with E-state index in [1.54, 1.807) is 42.1 Å². The summed E-state index contributed by atoms with van der Waals surface area (Å²) in [7, 11) is 1.61. The number of ether oxygens (including phenoxy) is 1. The van der Waals surface area contributed by atoms with Crippen LogP contribution in [-0.4, -0.2) is 51.4 Å². The number of nitrogens with zero attached hydrogens (tertiary/aromatic N) is 5. The van der Waals surface area contributed by atoms with Gasteiger partial charge in [0.25, 0.3) is 11.8 Å². The van der Waals surface area contributed by atoms with Crippen LogP contribution in [0.15, 0.2) is 60.8 Å². The number of benzene rings is 2. The Morgan fingerprint density at radius 2 is 1.86 bits per heavy atom. The number of hydrogen-bond acceptors (Lipinski definition) is 6. The molecule has 0 radical (unpaired) electrons. The van der Waals surface area contributed by atoms with Crippen LogP contribution in [0.1, 0.15) is 51.1 Å². The molecule has 4 aromatic rings. The molecule has 5 rings (SSSR count). The second-order valence-electron chi connectivity index (χ2n) is 8.94. The average Bonchev–Trinajstić information content (AvgIpc) is 3.28. The summed E-state index contributed by atoms with van der Waals surface area (Å²) >= 11 is 0. The first kappa shape index (κ1) is 24.0. The molecule has 37 heavy (non-hydrogen) atoms.